The molecule has 0 saturated carbocycles. The van der Waals surface area contributed by atoms with E-state index in [0.717, 1.165) is 0 Å². The van der Waals surface area contributed by atoms with Gasteiger partial charge < -0.3 is 9.79 Å². The number of alkyl halides is 6. The summed E-state index contributed by atoms with van der Waals surface area (Å²) in [7, 11) is -5.56. The van der Waals surface area contributed by atoms with Crippen LogP contribution in [-0.2, 0) is 4.57 Å². The van der Waals surface area contributed by atoms with E-state index in [2.05, 4.69) is 0 Å². The molecule has 110 valence electrons. The lowest BCUT2D eigenvalue weighted by atomic mass is 9.94. The highest BCUT2D eigenvalue weighted by atomic mass is 31.2. The molecule has 3 nitrogen and oxygen atoms in total. The van der Waals surface area contributed by atoms with Crippen molar-refractivity contribution in [3.05, 3.63) is 0 Å². The molecular weight excluding hydrogens is 289 g/mol. The number of rotatable bonds is 5. The fourth-order valence-electron chi connectivity index (χ4n) is 1.80. The Kier molecular flexibility index (Phi) is 5.30. The second-order valence-electron chi connectivity index (χ2n) is 4.10. The van der Waals surface area contributed by atoms with Gasteiger partial charge in [-0.1, -0.05) is 13.3 Å². The van der Waals surface area contributed by atoms with E-state index in [9.17, 15) is 30.9 Å². The summed E-state index contributed by atoms with van der Waals surface area (Å²) < 4.78 is 84.7. The van der Waals surface area contributed by atoms with Crippen molar-refractivity contribution in [1.29, 1.82) is 0 Å². The predicted molar refractivity (Wildman–Crippen MR) is 51.0 cm³/mol. The molecule has 0 heterocycles. The molecule has 0 saturated heterocycles. The van der Waals surface area contributed by atoms with Crippen LogP contribution in [0.2, 0.25) is 0 Å². The van der Waals surface area contributed by atoms with Crippen LogP contribution in [0.15, 0.2) is 0 Å². The Morgan fingerprint density at radius 2 is 1.28 bits per heavy atom. The second-order valence-corrected chi connectivity index (χ2v) is 6.14. The van der Waals surface area contributed by atoms with Crippen molar-refractivity contribution < 1.29 is 40.7 Å². The third-order valence-corrected chi connectivity index (χ3v) is 4.17. The largest absolute Gasteiger partial charge is 0.390 e. The van der Waals surface area contributed by atoms with Crippen LogP contribution in [0.4, 0.5) is 26.3 Å². The average Bonchev–Trinajstić information content (AvgIpc) is 1.94. The average molecular weight is 302 g/mol. The quantitative estimate of drug-likeness (QED) is 0.602. The highest BCUT2D eigenvalue weighted by Gasteiger charge is 2.57. The lowest BCUT2D eigenvalue weighted by molar-refractivity contribution is -0.170. The first kappa shape index (κ1) is 17.7. The third-order valence-electron chi connectivity index (χ3n) is 2.39. The fourth-order valence-corrected chi connectivity index (χ4v) is 3.09. The molecule has 10 heteroatoms. The monoisotopic (exact) mass is 302 g/mol. The Hall–Kier alpha value is -0.270. The van der Waals surface area contributed by atoms with E-state index in [4.69, 9.17) is 9.79 Å². The van der Waals surface area contributed by atoms with Gasteiger partial charge in [-0.3, -0.25) is 4.57 Å². The van der Waals surface area contributed by atoms with Gasteiger partial charge in [0.05, 0.1) is 18.0 Å². The fraction of sp³-hybridized carbons (Fsp3) is 1.00. The van der Waals surface area contributed by atoms with E-state index in [-0.39, 0.29) is 6.42 Å². The Morgan fingerprint density at radius 3 is 1.44 bits per heavy atom. The number of halogens is 6. The molecule has 0 aromatic rings. The summed E-state index contributed by atoms with van der Waals surface area (Å²) >= 11 is 0. The number of hydrogen-bond acceptors (Lipinski definition) is 1. The molecule has 0 rings (SSSR count). The minimum Gasteiger partial charge on any atom is -0.324 e. The van der Waals surface area contributed by atoms with Crippen molar-refractivity contribution in [2.24, 2.45) is 0 Å². The lowest BCUT2D eigenvalue weighted by Crippen LogP contribution is -2.39. The molecule has 0 radical (unpaired) electrons. The van der Waals surface area contributed by atoms with Crippen molar-refractivity contribution in [1.82, 2.24) is 0 Å². The van der Waals surface area contributed by atoms with Gasteiger partial charge in [0.25, 0.3) is 0 Å². The van der Waals surface area contributed by atoms with Crippen LogP contribution in [-0.4, -0.2) is 27.3 Å². The van der Waals surface area contributed by atoms with Gasteiger partial charge in [-0.05, 0) is 6.42 Å². The van der Waals surface area contributed by atoms with Gasteiger partial charge in [0.1, 0.15) is 0 Å². The molecule has 0 fully saturated rings. The molecule has 0 aliphatic heterocycles. The standard InChI is InChI=1S/C8H13F6O3P/c1-2-3-6(18(15,16)17,4-7(9,10)11)5-8(12,13)14/h2-5H2,1H3,(H2,15,16,17). The molecule has 0 aromatic heterocycles. The summed E-state index contributed by atoms with van der Waals surface area (Å²) in [6.45, 7) is 1.26. The summed E-state index contributed by atoms with van der Waals surface area (Å²) in [4.78, 5) is 17.8. The molecule has 2 N–H and O–H groups in total. The molecule has 0 aliphatic carbocycles. The lowest BCUT2D eigenvalue weighted by Gasteiger charge is -2.35. The van der Waals surface area contributed by atoms with Gasteiger partial charge in [0, 0.05) is 0 Å². The van der Waals surface area contributed by atoms with E-state index in [1.165, 1.54) is 6.92 Å². The van der Waals surface area contributed by atoms with Gasteiger partial charge in [0.2, 0.25) is 0 Å². The first-order valence-electron chi connectivity index (χ1n) is 4.91. The van der Waals surface area contributed by atoms with E-state index < -0.39 is 44.4 Å². The van der Waals surface area contributed by atoms with Crippen molar-refractivity contribution in [3.8, 4) is 0 Å². The normalized spacial score (nSPS) is 14.9. The maximum Gasteiger partial charge on any atom is 0.390 e. The molecule has 0 bridgehead atoms. The molecule has 0 aliphatic rings. The van der Waals surface area contributed by atoms with Crippen LogP contribution in [0.5, 0.6) is 0 Å². The first-order valence-corrected chi connectivity index (χ1v) is 6.53. The Morgan fingerprint density at radius 1 is 0.944 bits per heavy atom. The number of hydrogen-bond donors (Lipinski definition) is 2. The molecule has 0 atom stereocenters. The van der Waals surface area contributed by atoms with Crippen molar-refractivity contribution >= 4 is 7.60 Å². The minimum absolute atomic E-state index is 0.197. The SMILES string of the molecule is CCCC(CC(F)(F)F)(CC(F)(F)F)P(=O)(O)O. The summed E-state index contributed by atoms with van der Waals surface area (Å²) in [5, 5.41) is -3.13. The van der Waals surface area contributed by atoms with Gasteiger partial charge in [-0.15, -0.1) is 0 Å². The predicted octanol–water partition coefficient (Wildman–Crippen LogP) is 3.61. The van der Waals surface area contributed by atoms with Crippen LogP contribution in [0, 0.1) is 0 Å². The second kappa shape index (κ2) is 5.38. The maximum absolute atomic E-state index is 12.3. The van der Waals surface area contributed by atoms with Crippen LogP contribution < -0.4 is 0 Å². The molecule has 18 heavy (non-hydrogen) atoms. The van der Waals surface area contributed by atoms with Gasteiger partial charge in [-0.25, -0.2) is 0 Å². The molecule has 0 amide bonds. The topological polar surface area (TPSA) is 57.5 Å². The van der Waals surface area contributed by atoms with E-state index >= 15 is 0 Å². The van der Waals surface area contributed by atoms with Crippen molar-refractivity contribution in [3.63, 3.8) is 0 Å². The van der Waals surface area contributed by atoms with Gasteiger partial charge >= 0.3 is 19.9 Å². The van der Waals surface area contributed by atoms with E-state index in [1.54, 1.807) is 0 Å². The molecule has 0 unspecified atom stereocenters. The highest BCUT2D eigenvalue weighted by molar-refractivity contribution is 7.53. The van der Waals surface area contributed by atoms with Crippen molar-refractivity contribution in [2.75, 3.05) is 0 Å². The van der Waals surface area contributed by atoms with Gasteiger partial charge in [0.15, 0.2) is 0 Å². The van der Waals surface area contributed by atoms with E-state index in [0.29, 0.717) is 0 Å². The minimum atomic E-state index is -5.56. The zero-order chi connectivity index (χ0) is 14.8. The smallest absolute Gasteiger partial charge is 0.324 e. The van der Waals surface area contributed by atoms with Crippen LogP contribution in [0.1, 0.15) is 32.6 Å². The van der Waals surface area contributed by atoms with Gasteiger partial charge in [-0.2, -0.15) is 26.3 Å². The summed E-state index contributed by atoms with van der Waals surface area (Å²) in [5.74, 6) is 0. The zero-order valence-electron chi connectivity index (χ0n) is 9.35. The van der Waals surface area contributed by atoms with Crippen LogP contribution in [0.25, 0.3) is 0 Å². The van der Waals surface area contributed by atoms with Crippen LogP contribution >= 0.6 is 7.60 Å². The highest BCUT2D eigenvalue weighted by Crippen LogP contribution is 2.61. The maximum atomic E-state index is 12.3. The van der Waals surface area contributed by atoms with Crippen molar-refractivity contribution in [2.45, 2.75) is 50.1 Å². The molecule has 0 aromatic carbocycles. The Bertz CT molecular complexity index is 302. The summed E-state index contributed by atoms with van der Waals surface area (Å²) in [6.07, 6.45) is -15.5. The molecular formula is C8H13F6O3P. The Balaban J connectivity index is 5.52. The first-order chi connectivity index (χ1) is 7.72. The molecule has 0 spiro atoms. The summed E-state index contributed by atoms with van der Waals surface area (Å²) in [6, 6.07) is 0. The summed E-state index contributed by atoms with van der Waals surface area (Å²) in [5.41, 5.74) is 0. The van der Waals surface area contributed by atoms with E-state index in [1.807, 2.05) is 0 Å². The Labute approximate surface area is 99.3 Å². The van der Waals surface area contributed by atoms with Crippen LogP contribution in [0.3, 0.4) is 0 Å². The third kappa shape index (κ3) is 5.58. The zero-order valence-corrected chi connectivity index (χ0v) is 10.2.